The zero-order valence-electron chi connectivity index (χ0n) is 8.53. The van der Waals surface area contributed by atoms with Crippen molar-refractivity contribution in [3.63, 3.8) is 0 Å². The fourth-order valence-electron chi connectivity index (χ4n) is 1.57. The summed E-state index contributed by atoms with van der Waals surface area (Å²) in [5, 5.41) is 6.86. The van der Waals surface area contributed by atoms with Gasteiger partial charge in [-0.2, -0.15) is 5.10 Å². The van der Waals surface area contributed by atoms with Crippen molar-refractivity contribution in [3.8, 4) is 16.9 Å². The summed E-state index contributed by atoms with van der Waals surface area (Å²) in [6.07, 6.45) is 1.76. The second-order valence-corrected chi connectivity index (χ2v) is 3.17. The van der Waals surface area contributed by atoms with Crippen LogP contribution >= 0.6 is 0 Å². The summed E-state index contributed by atoms with van der Waals surface area (Å²) in [5.74, 6) is 0.827. The molecule has 4 nitrogen and oxygen atoms in total. The normalized spacial score (nSPS) is 10.3. The van der Waals surface area contributed by atoms with Crippen LogP contribution in [0.5, 0.6) is 5.75 Å². The number of para-hydroxylation sites is 1. The summed E-state index contributed by atoms with van der Waals surface area (Å²) < 4.78 is 5.29. The average Bonchev–Trinajstić information content (AvgIpc) is 2.76. The number of H-pyrrole nitrogens is 1. The predicted octanol–water partition coefficient (Wildman–Crippen LogP) is 1.54. The molecule has 0 radical (unpaired) electrons. The Kier molecular flexibility index (Phi) is 2.69. The molecule has 2 aromatic rings. The second-order valence-electron chi connectivity index (χ2n) is 3.17. The van der Waals surface area contributed by atoms with E-state index >= 15 is 0 Å². The average molecular weight is 203 g/mol. The molecule has 0 spiro atoms. The van der Waals surface area contributed by atoms with Gasteiger partial charge in [0.25, 0.3) is 0 Å². The number of nitrogens with zero attached hydrogens (tertiary/aromatic N) is 1. The molecular weight excluding hydrogens is 190 g/mol. The second kappa shape index (κ2) is 4.14. The van der Waals surface area contributed by atoms with E-state index in [1.54, 1.807) is 13.3 Å². The van der Waals surface area contributed by atoms with Crippen molar-refractivity contribution in [2.45, 2.75) is 6.54 Å². The molecule has 0 amide bonds. The molecule has 4 heteroatoms. The van der Waals surface area contributed by atoms with E-state index in [2.05, 4.69) is 10.2 Å². The van der Waals surface area contributed by atoms with E-state index in [0.29, 0.717) is 6.54 Å². The third-order valence-corrected chi connectivity index (χ3v) is 2.32. The number of ether oxygens (including phenoxy) is 1. The fraction of sp³-hybridized carbons (Fsp3) is 0.182. The maximum atomic E-state index is 5.61. The van der Waals surface area contributed by atoms with E-state index in [4.69, 9.17) is 10.5 Å². The molecule has 0 bridgehead atoms. The van der Waals surface area contributed by atoms with Gasteiger partial charge in [-0.25, -0.2) is 0 Å². The molecule has 1 aromatic heterocycles. The number of hydrogen-bond acceptors (Lipinski definition) is 3. The SMILES string of the molecule is COc1ccccc1-c1cn[nH]c1CN. The summed E-state index contributed by atoms with van der Waals surface area (Å²) in [4.78, 5) is 0. The van der Waals surface area contributed by atoms with Crippen molar-refractivity contribution in [1.29, 1.82) is 0 Å². The molecular formula is C11H13N3O. The van der Waals surface area contributed by atoms with Crippen molar-refractivity contribution in [2.75, 3.05) is 7.11 Å². The number of hydrogen-bond donors (Lipinski definition) is 2. The van der Waals surface area contributed by atoms with Gasteiger partial charge in [0.15, 0.2) is 0 Å². The van der Waals surface area contributed by atoms with Crippen molar-refractivity contribution in [3.05, 3.63) is 36.2 Å². The van der Waals surface area contributed by atoms with Crippen LogP contribution in [0, 0.1) is 0 Å². The smallest absolute Gasteiger partial charge is 0.126 e. The lowest BCUT2D eigenvalue weighted by molar-refractivity contribution is 0.416. The highest BCUT2D eigenvalue weighted by molar-refractivity contribution is 5.71. The Bertz CT molecular complexity index is 451. The molecule has 3 N–H and O–H groups in total. The molecule has 0 unspecified atom stereocenters. The zero-order chi connectivity index (χ0) is 10.7. The Morgan fingerprint density at radius 2 is 2.13 bits per heavy atom. The number of benzene rings is 1. The maximum Gasteiger partial charge on any atom is 0.126 e. The highest BCUT2D eigenvalue weighted by atomic mass is 16.5. The minimum absolute atomic E-state index is 0.438. The number of aromatic nitrogens is 2. The van der Waals surface area contributed by atoms with Gasteiger partial charge in [-0.1, -0.05) is 18.2 Å². The molecule has 15 heavy (non-hydrogen) atoms. The number of rotatable bonds is 3. The first-order chi connectivity index (χ1) is 7.36. The number of methoxy groups -OCH3 is 1. The van der Waals surface area contributed by atoms with Crippen molar-refractivity contribution >= 4 is 0 Å². The monoisotopic (exact) mass is 203 g/mol. The van der Waals surface area contributed by atoms with Gasteiger partial charge in [0, 0.05) is 17.7 Å². The summed E-state index contributed by atoms with van der Waals surface area (Å²) >= 11 is 0. The van der Waals surface area contributed by atoms with E-state index in [9.17, 15) is 0 Å². The summed E-state index contributed by atoms with van der Waals surface area (Å²) in [7, 11) is 1.65. The van der Waals surface area contributed by atoms with Gasteiger partial charge in [-0.15, -0.1) is 0 Å². The lowest BCUT2D eigenvalue weighted by atomic mass is 10.1. The van der Waals surface area contributed by atoms with Gasteiger partial charge in [-0.05, 0) is 6.07 Å². The highest BCUT2D eigenvalue weighted by Gasteiger charge is 2.10. The Balaban J connectivity index is 2.53. The lowest BCUT2D eigenvalue weighted by Gasteiger charge is -2.07. The van der Waals surface area contributed by atoms with E-state index < -0.39 is 0 Å². The van der Waals surface area contributed by atoms with Crippen LogP contribution in [0.2, 0.25) is 0 Å². The van der Waals surface area contributed by atoms with Gasteiger partial charge in [-0.3, -0.25) is 5.10 Å². The van der Waals surface area contributed by atoms with Crippen LogP contribution in [-0.2, 0) is 6.54 Å². The van der Waals surface area contributed by atoms with Gasteiger partial charge >= 0.3 is 0 Å². The molecule has 0 aliphatic rings. The van der Waals surface area contributed by atoms with Crippen LogP contribution in [0.25, 0.3) is 11.1 Å². The molecule has 0 fully saturated rings. The largest absolute Gasteiger partial charge is 0.496 e. The van der Waals surface area contributed by atoms with Crippen LogP contribution in [-0.4, -0.2) is 17.3 Å². The molecule has 0 atom stereocenters. The first kappa shape index (κ1) is 9.73. The van der Waals surface area contributed by atoms with Gasteiger partial charge in [0.1, 0.15) is 5.75 Å². The van der Waals surface area contributed by atoms with Gasteiger partial charge in [0.2, 0.25) is 0 Å². The maximum absolute atomic E-state index is 5.61. The lowest BCUT2D eigenvalue weighted by Crippen LogP contribution is -1.99. The van der Waals surface area contributed by atoms with Crippen LogP contribution in [0.15, 0.2) is 30.5 Å². The highest BCUT2D eigenvalue weighted by Crippen LogP contribution is 2.30. The van der Waals surface area contributed by atoms with E-state index in [1.807, 2.05) is 24.3 Å². The van der Waals surface area contributed by atoms with Gasteiger partial charge < -0.3 is 10.5 Å². The molecule has 0 saturated heterocycles. The van der Waals surface area contributed by atoms with Crippen molar-refractivity contribution in [2.24, 2.45) is 5.73 Å². The first-order valence-electron chi connectivity index (χ1n) is 4.72. The fourth-order valence-corrected chi connectivity index (χ4v) is 1.57. The third-order valence-electron chi connectivity index (χ3n) is 2.32. The Hall–Kier alpha value is -1.81. The quantitative estimate of drug-likeness (QED) is 0.795. The Labute approximate surface area is 88.1 Å². The zero-order valence-corrected chi connectivity index (χ0v) is 8.53. The van der Waals surface area contributed by atoms with E-state index in [1.165, 1.54) is 0 Å². The number of nitrogens with one attached hydrogen (secondary N) is 1. The van der Waals surface area contributed by atoms with Crippen LogP contribution in [0.3, 0.4) is 0 Å². The van der Waals surface area contributed by atoms with Crippen molar-refractivity contribution < 1.29 is 4.74 Å². The standard InChI is InChI=1S/C11H13N3O/c1-15-11-5-3-2-4-8(11)9-7-13-14-10(9)6-12/h2-5,7H,6,12H2,1H3,(H,13,14). The molecule has 2 rings (SSSR count). The topological polar surface area (TPSA) is 63.9 Å². The minimum Gasteiger partial charge on any atom is -0.496 e. The summed E-state index contributed by atoms with van der Waals surface area (Å²) in [6, 6.07) is 7.81. The summed E-state index contributed by atoms with van der Waals surface area (Å²) in [6.45, 7) is 0.438. The molecule has 0 aliphatic carbocycles. The number of nitrogens with two attached hydrogens (primary N) is 1. The van der Waals surface area contributed by atoms with E-state index in [-0.39, 0.29) is 0 Å². The third kappa shape index (κ3) is 1.71. The Morgan fingerprint density at radius 1 is 1.33 bits per heavy atom. The van der Waals surface area contributed by atoms with Crippen molar-refractivity contribution in [1.82, 2.24) is 10.2 Å². The molecule has 1 heterocycles. The van der Waals surface area contributed by atoms with Crippen LogP contribution in [0.4, 0.5) is 0 Å². The minimum atomic E-state index is 0.438. The Morgan fingerprint density at radius 3 is 2.87 bits per heavy atom. The predicted molar refractivity (Wildman–Crippen MR) is 58.5 cm³/mol. The molecule has 78 valence electrons. The van der Waals surface area contributed by atoms with Gasteiger partial charge in [0.05, 0.1) is 19.0 Å². The van der Waals surface area contributed by atoms with Crippen LogP contribution in [0.1, 0.15) is 5.69 Å². The summed E-state index contributed by atoms with van der Waals surface area (Å²) in [5.41, 5.74) is 8.53. The van der Waals surface area contributed by atoms with E-state index in [0.717, 1.165) is 22.6 Å². The molecule has 0 aliphatic heterocycles. The molecule has 1 aromatic carbocycles. The van der Waals surface area contributed by atoms with Crippen LogP contribution < -0.4 is 10.5 Å². The molecule has 0 saturated carbocycles. The number of aromatic amines is 1. The first-order valence-corrected chi connectivity index (χ1v) is 4.72.